The number of halogens is 5. The molecule has 0 heterocycles. The van der Waals surface area contributed by atoms with Crippen molar-refractivity contribution in [3.63, 3.8) is 0 Å². The molecule has 0 aliphatic rings. The predicted octanol–water partition coefficient (Wildman–Crippen LogP) is 3.60. The highest BCUT2D eigenvalue weighted by atomic mass is 35.5. The summed E-state index contributed by atoms with van der Waals surface area (Å²) in [6.45, 7) is 0. The first kappa shape index (κ1) is 17.0. The van der Waals surface area contributed by atoms with Crippen LogP contribution in [0.1, 0.15) is 24.4 Å². The Bertz CT molecular complexity index is 384. The fraction of sp³-hybridized carbons (Fsp3) is 0.455. The summed E-state index contributed by atoms with van der Waals surface area (Å²) < 4.78 is 54.0. The summed E-state index contributed by atoms with van der Waals surface area (Å²) in [6, 6.07) is 2.71. The molecule has 0 saturated heterocycles. The van der Waals surface area contributed by atoms with Gasteiger partial charge in [0.15, 0.2) is 0 Å². The summed E-state index contributed by atoms with van der Waals surface area (Å²) in [7, 11) is 1.35. The van der Waals surface area contributed by atoms with E-state index in [0.29, 0.717) is 5.75 Å². The molecule has 1 atom stereocenters. The summed E-state index contributed by atoms with van der Waals surface area (Å²) in [4.78, 5) is 0. The van der Waals surface area contributed by atoms with Crippen molar-refractivity contribution < 1.29 is 22.3 Å². The summed E-state index contributed by atoms with van der Waals surface area (Å²) in [5, 5.41) is 0. The molecule has 0 radical (unpaired) electrons. The van der Waals surface area contributed by atoms with Crippen molar-refractivity contribution >= 4 is 12.4 Å². The highest BCUT2D eigenvalue weighted by Gasteiger charge is 2.28. The van der Waals surface area contributed by atoms with E-state index in [1.54, 1.807) is 0 Å². The Morgan fingerprint density at radius 2 is 1.94 bits per heavy atom. The molecule has 1 aromatic rings. The molecule has 0 saturated carbocycles. The van der Waals surface area contributed by atoms with E-state index in [1.807, 2.05) is 0 Å². The Morgan fingerprint density at radius 3 is 2.44 bits per heavy atom. The molecule has 0 aliphatic carbocycles. The number of methoxy groups -OCH3 is 1. The molecule has 0 fully saturated rings. The van der Waals surface area contributed by atoms with Crippen LogP contribution in [0.5, 0.6) is 5.75 Å². The van der Waals surface area contributed by atoms with Crippen molar-refractivity contribution in [2.45, 2.75) is 25.1 Å². The van der Waals surface area contributed by atoms with Crippen LogP contribution >= 0.6 is 12.4 Å². The zero-order valence-electron chi connectivity index (χ0n) is 9.63. The van der Waals surface area contributed by atoms with Gasteiger partial charge in [0, 0.05) is 18.0 Å². The van der Waals surface area contributed by atoms with Gasteiger partial charge in [0.1, 0.15) is 11.6 Å². The van der Waals surface area contributed by atoms with Gasteiger partial charge in [0.2, 0.25) is 0 Å². The van der Waals surface area contributed by atoms with E-state index in [0.717, 1.165) is 6.07 Å². The lowest BCUT2D eigenvalue weighted by Crippen LogP contribution is -2.16. The Morgan fingerprint density at radius 1 is 1.33 bits per heavy atom. The topological polar surface area (TPSA) is 35.2 Å². The molecule has 0 spiro atoms. The quantitative estimate of drug-likeness (QED) is 0.859. The number of rotatable bonds is 4. The van der Waals surface area contributed by atoms with Crippen LogP contribution in [0, 0.1) is 5.82 Å². The van der Waals surface area contributed by atoms with Crippen LogP contribution < -0.4 is 10.5 Å². The molecular weight excluding hydrogens is 274 g/mol. The average Bonchev–Trinajstić information content (AvgIpc) is 2.25. The Kier molecular flexibility index (Phi) is 6.42. The van der Waals surface area contributed by atoms with Gasteiger partial charge in [0.05, 0.1) is 7.11 Å². The standard InChI is InChI=1S/C11H13F4NO.ClH/c1-17-10-3-2-7(12)6-8(10)9(16)4-5-11(13,14)15;/h2-3,6,9H,4-5,16H2,1H3;1H/t9-;/m0./s1. The zero-order valence-corrected chi connectivity index (χ0v) is 10.4. The number of hydrogen-bond acceptors (Lipinski definition) is 2. The molecule has 18 heavy (non-hydrogen) atoms. The lowest BCUT2D eigenvalue weighted by molar-refractivity contribution is -0.136. The summed E-state index contributed by atoms with van der Waals surface area (Å²) in [5.41, 5.74) is 5.85. The molecule has 2 N–H and O–H groups in total. The number of hydrogen-bond donors (Lipinski definition) is 1. The van der Waals surface area contributed by atoms with Crippen LogP contribution in [0.15, 0.2) is 18.2 Å². The third-order valence-corrected chi connectivity index (χ3v) is 2.33. The minimum absolute atomic E-state index is 0. The van der Waals surface area contributed by atoms with Gasteiger partial charge in [-0.25, -0.2) is 4.39 Å². The normalized spacial score (nSPS) is 12.8. The van der Waals surface area contributed by atoms with Crippen LogP contribution in [0.4, 0.5) is 17.6 Å². The second-order valence-electron chi connectivity index (χ2n) is 3.65. The van der Waals surface area contributed by atoms with Crippen molar-refractivity contribution in [1.82, 2.24) is 0 Å². The van der Waals surface area contributed by atoms with Gasteiger partial charge in [-0.05, 0) is 24.6 Å². The van der Waals surface area contributed by atoms with Crippen LogP contribution in [-0.4, -0.2) is 13.3 Å². The Balaban J connectivity index is 0.00000289. The van der Waals surface area contributed by atoms with E-state index in [4.69, 9.17) is 10.5 Å². The van der Waals surface area contributed by atoms with E-state index in [1.165, 1.54) is 19.2 Å². The average molecular weight is 288 g/mol. The highest BCUT2D eigenvalue weighted by Crippen LogP contribution is 2.30. The fourth-order valence-electron chi connectivity index (χ4n) is 1.47. The maximum Gasteiger partial charge on any atom is 0.389 e. The Labute approximate surface area is 109 Å². The van der Waals surface area contributed by atoms with Gasteiger partial charge in [-0.2, -0.15) is 13.2 Å². The van der Waals surface area contributed by atoms with E-state index in [-0.39, 0.29) is 24.4 Å². The highest BCUT2D eigenvalue weighted by molar-refractivity contribution is 5.85. The van der Waals surface area contributed by atoms with Gasteiger partial charge in [-0.15, -0.1) is 12.4 Å². The number of alkyl halides is 3. The van der Waals surface area contributed by atoms with Crippen molar-refractivity contribution in [2.75, 3.05) is 7.11 Å². The smallest absolute Gasteiger partial charge is 0.389 e. The van der Waals surface area contributed by atoms with Crippen molar-refractivity contribution in [1.29, 1.82) is 0 Å². The number of ether oxygens (including phenoxy) is 1. The fourth-order valence-corrected chi connectivity index (χ4v) is 1.47. The third-order valence-electron chi connectivity index (χ3n) is 2.33. The summed E-state index contributed by atoms with van der Waals surface area (Å²) >= 11 is 0. The first-order valence-electron chi connectivity index (χ1n) is 4.99. The number of benzene rings is 1. The molecule has 1 aromatic carbocycles. The van der Waals surface area contributed by atoms with Crippen molar-refractivity contribution in [2.24, 2.45) is 5.73 Å². The summed E-state index contributed by atoms with van der Waals surface area (Å²) in [5.74, 6) is -0.260. The third kappa shape index (κ3) is 5.10. The molecule has 104 valence electrons. The monoisotopic (exact) mass is 287 g/mol. The van der Waals surface area contributed by atoms with Gasteiger partial charge in [-0.1, -0.05) is 0 Å². The lowest BCUT2D eigenvalue weighted by Gasteiger charge is -2.16. The molecule has 2 nitrogen and oxygen atoms in total. The van der Waals surface area contributed by atoms with Gasteiger partial charge < -0.3 is 10.5 Å². The van der Waals surface area contributed by atoms with Crippen LogP contribution in [0.25, 0.3) is 0 Å². The summed E-state index contributed by atoms with van der Waals surface area (Å²) in [6.07, 6.45) is -5.57. The number of nitrogens with two attached hydrogens (primary N) is 1. The molecule has 0 unspecified atom stereocenters. The molecule has 1 rings (SSSR count). The van der Waals surface area contributed by atoms with Crippen LogP contribution in [-0.2, 0) is 0 Å². The van der Waals surface area contributed by atoms with Crippen molar-refractivity contribution in [3.8, 4) is 5.75 Å². The maximum absolute atomic E-state index is 13.0. The molecule has 0 aliphatic heterocycles. The second kappa shape index (κ2) is 6.80. The minimum atomic E-state index is -4.27. The van der Waals surface area contributed by atoms with Crippen LogP contribution in [0.2, 0.25) is 0 Å². The van der Waals surface area contributed by atoms with Gasteiger partial charge >= 0.3 is 6.18 Å². The van der Waals surface area contributed by atoms with Crippen molar-refractivity contribution in [3.05, 3.63) is 29.6 Å². The largest absolute Gasteiger partial charge is 0.496 e. The molecule has 7 heteroatoms. The lowest BCUT2D eigenvalue weighted by atomic mass is 10.0. The minimum Gasteiger partial charge on any atom is -0.496 e. The SMILES string of the molecule is COc1ccc(F)cc1[C@@H](N)CCC(F)(F)F.Cl. The predicted molar refractivity (Wildman–Crippen MR) is 62.4 cm³/mol. The zero-order chi connectivity index (χ0) is 13.1. The molecule has 0 aromatic heterocycles. The first-order chi connectivity index (χ1) is 7.83. The van der Waals surface area contributed by atoms with E-state index >= 15 is 0 Å². The first-order valence-corrected chi connectivity index (χ1v) is 4.99. The van der Waals surface area contributed by atoms with Gasteiger partial charge in [0.25, 0.3) is 0 Å². The van der Waals surface area contributed by atoms with Crippen LogP contribution in [0.3, 0.4) is 0 Å². The molecule has 0 amide bonds. The second-order valence-corrected chi connectivity index (χ2v) is 3.65. The van der Waals surface area contributed by atoms with Gasteiger partial charge in [-0.3, -0.25) is 0 Å². The van der Waals surface area contributed by atoms with E-state index in [9.17, 15) is 17.6 Å². The molecule has 0 bridgehead atoms. The Hall–Kier alpha value is -1.01. The van der Waals surface area contributed by atoms with E-state index in [2.05, 4.69) is 0 Å². The van der Waals surface area contributed by atoms with E-state index < -0.39 is 24.5 Å². The molecular formula is C11H14ClF4NO. The maximum atomic E-state index is 13.0.